The molecule has 2 amide bonds. The third-order valence-electron chi connectivity index (χ3n) is 10.7. The Labute approximate surface area is 312 Å². The summed E-state index contributed by atoms with van der Waals surface area (Å²) < 4.78 is 24.9. The first-order valence-corrected chi connectivity index (χ1v) is 20.8. The van der Waals surface area contributed by atoms with Crippen LogP contribution >= 0.6 is 0 Å². The largest absolute Gasteiger partial charge is 0.395 e. The third-order valence-corrected chi connectivity index (χ3v) is 13.1. The van der Waals surface area contributed by atoms with Gasteiger partial charge in [0, 0.05) is 53.1 Å². The maximum atomic E-state index is 16.5. The Hall–Kier alpha value is -5.57. The van der Waals surface area contributed by atoms with Gasteiger partial charge in [-0.1, -0.05) is 72.8 Å². The molecule has 54 heavy (non-hydrogen) atoms. The second-order valence-electron chi connectivity index (χ2n) is 14.5. The Morgan fingerprint density at radius 1 is 1.06 bits per heavy atom. The highest BCUT2D eigenvalue weighted by Crippen LogP contribution is 2.60. The fraction of sp³-hybridized carbons (Fsp3) is 0.300. The highest BCUT2D eigenvalue weighted by atomic mass is 28.4. The molecular weight excluding hydrogens is 708 g/mol. The molecule has 2 N–H and O–H groups in total. The van der Waals surface area contributed by atoms with Crippen molar-refractivity contribution in [2.24, 2.45) is 5.92 Å². The number of ether oxygens (including phenoxy) is 1. The van der Waals surface area contributed by atoms with E-state index in [0.717, 1.165) is 5.56 Å². The number of hydrogen-bond donors (Lipinski definition) is 2. The van der Waals surface area contributed by atoms with E-state index in [2.05, 4.69) is 15.6 Å². The number of carbonyl (C=O) groups excluding carboxylic acids is 2. The van der Waals surface area contributed by atoms with Crippen LogP contribution in [0.3, 0.4) is 0 Å². The maximum absolute atomic E-state index is 16.5. The van der Waals surface area contributed by atoms with Crippen molar-refractivity contribution < 1.29 is 28.5 Å². The van der Waals surface area contributed by atoms with Crippen LogP contribution in [-0.2, 0) is 28.2 Å². The molecule has 0 radical (unpaired) electrons. The number of nitro groups is 1. The summed E-state index contributed by atoms with van der Waals surface area (Å²) in [4.78, 5) is 40.8. The average Bonchev–Trinajstić information content (AvgIpc) is 3.82. The monoisotopic (exact) mass is 748 g/mol. The minimum Gasteiger partial charge on any atom is -0.395 e. The molecule has 7 rings (SSSR count). The van der Waals surface area contributed by atoms with E-state index in [1.54, 1.807) is 77.4 Å². The number of nitrogens with one attached hydrogen (secondary N) is 1. The number of hydrogen-bond acceptors (Lipinski definition) is 8. The van der Waals surface area contributed by atoms with Crippen molar-refractivity contribution >= 4 is 37.3 Å². The van der Waals surface area contributed by atoms with Gasteiger partial charge in [-0.3, -0.25) is 24.4 Å². The molecule has 1 unspecified atom stereocenters. The molecule has 12 nitrogen and oxygen atoms in total. The number of benzene rings is 4. The van der Waals surface area contributed by atoms with E-state index in [9.17, 15) is 24.8 Å². The number of amides is 2. The van der Waals surface area contributed by atoms with Crippen molar-refractivity contribution in [2.75, 3.05) is 16.8 Å². The van der Waals surface area contributed by atoms with Crippen molar-refractivity contribution in [3.8, 4) is 0 Å². The van der Waals surface area contributed by atoms with Gasteiger partial charge in [-0.25, -0.2) is 0 Å². The molecule has 1 saturated heterocycles. The van der Waals surface area contributed by atoms with E-state index < -0.39 is 42.4 Å². The minimum atomic E-state index is -3.53. The first-order chi connectivity index (χ1) is 25.9. The molecule has 0 bridgehead atoms. The Morgan fingerprint density at radius 3 is 2.46 bits per heavy atom. The zero-order chi connectivity index (χ0) is 38.2. The van der Waals surface area contributed by atoms with Gasteiger partial charge in [0.2, 0.25) is 8.41 Å². The third kappa shape index (κ3) is 6.83. The molecule has 5 atom stereocenters. The number of aromatic nitrogens is 3. The Bertz CT molecular complexity index is 2180. The minimum absolute atomic E-state index is 0.0808. The molecule has 278 valence electrons. The van der Waals surface area contributed by atoms with Crippen LogP contribution < -0.4 is 10.2 Å². The molecule has 2 aliphatic heterocycles. The Morgan fingerprint density at radius 2 is 1.78 bits per heavy atom. The number of non-ortho nitro benzene ring substituents is 1. The highest BCUT2D eigenvalue weighted by Gasteiger charge is 2.66. The number of nitrogens with zero attached hydrogens (tertiary/aromatic N) is 5. The van der Waals surface area contributed by atoms with Crippen molar-refractivity contribution in [1.29, 1.82) is 0 Å². The highest BCUT2D eigenvalue weighted by molar-refractivity contribution is 6.72. The van der Waals surface area contributed by atoms with Gasteiger partial charge in [0.15, 0.2) is 5.60 Å². The Balaban J connectivity index is 1.18. The number of aliphatic hydroxyl groups is 1. The zero-order valence-corrected chi connectivity index (χ0v) is 31.1. The molecule has 1 aromatic heterocycles. The molecule has 0 saturated carbocycles. The lowest BCUT2D eigenvalue weighted by Crippen LogP contribution is -2.45. The van der Waals surface area contributed by atoms with Crippen LogP contribution in [0.2, 0.25) is 18.6 Å². The number of rotatable bonds is 12. The number of nitro benzene ring substituents is 1. The molecule has 2 aliphatic rings. The van der Waals surface area contributed by atoms with Crippen LogP contribution in [0.15, 0.2) is 109 Å². The van der Waals surface area contributed by atoms with Gasteiger partial charge in [-0.05, 0) is 61.0 Å². The van der Waals surface area contributed by atoms with Crippen LogP contribution in [0.4, 0.5) is 21.2 Å². The normalized spacial score (nSPS) is 21.3. The van der Waals surface area contributed by atoms with Crippen LogP contribution in [0.1, 0.15) is 52.0 Å². The number of anilines is 2. The van der Waals surface area contributed by atoms with Crippen LogP contribution in [-0.4, -0.2) is 58.0 Å². The van der Waals surface area contributed by atoms with Crippen molar-refractivity contribution in [3.63, 3.8) is 0 Å². The van der Waals surface area contributed by atoms with E-state index >= 15 is 4.11 Å². The van der Waals surface area contributed by atoms with Crippen LogP contribution in [0.5, 0.6) is 0 Å². The topological polar surface area (TPSA) is 153 Å². The summed E-state index contributed by atoms with van der Waals surface area (Å²) in [7, 11) is -3.53. The second kappa shape index (κ2) is 14.7. The van der Waals surface area contributed by atoms with E-state index in [4.69, 9.17) is 4.74 Å². The lowest BCUT2D eigenvalue weighted by atomic mass is 9.82. The first-order valence-electron chi connectivity index (χ1n) is 17.9. The molecule has 0 aliphatic carbocycles. The quantitative estimate of drug-likeness (QED) is 0.0601. The Kier molecular flexibility index (Phi) is 10.0. The molecule has 1 spiro atoms. The van der Waals surface area contributed by atoms with E-state index in [1.807, 2.05) is 49.4 Å². The van der Waals surface area contributed by atoms with Gasteiger partial charge in [-0.15, -0.1) is 5.10 Å². The predicted molar refractivity (Wildman–Crippen MR) is 203 cm³/mol. The van der Waals surface area contributed by atoms with E-state index in [-0.39, 0.29) is 30.7 Å². The SMILES string of the molecule is C[C@H]1[C@H]([Si](C)(C)F)[C@@H](CCn2cc(C(CO)c3ccccc3)nn2)O[C@]12C(=O)N(Cc1cccc(NC(=O)c3ccccc3)c1)c1ccc([N+](=O)[O-])cc12. The smallest absolute Gasteiger partial charge is 0.269 e. The van der Waals surface area contributed by atoms with Crippen LogP contribution in [0.25, 0.3) is 0 Å². The summed E-state index contributed by atoms with van der Waals surface area (Å²) in [6.45, 7) is 5.23. The zero-order valence-electron chi connectivity index (χ0n) is 30.1. The lowest BCUT2D eigenvalue weighted by Gasteiger charge is -2.31. The summed E-state index contributed by atoms with van der Waals surface area (Å²) in [5, 5.41) is 33.7. The van der Waals surface area contributed by atoms with Gasteiger partial charge in [0.25, 0.3) is 17.5 Å². The van der Waals surface area contributed by atoms with Crippen LogP contribution in [0, 0.1) is 16.0 Å². The molecule has 1 fully saturated rings. The number of halogens is 1. The average molecular weight is 749 g/mol. The summed E-state index contributed by atoms with van der Waals surface area (Å²) in [5.74, 6) is -1.73. The van der Waals surface area contributed by atoms with E-state index in [0.29, 0.717) is 46.7 Å². The van der Waals surface area contributed by atoms with Crippen molar-refractivity contribution in [2.45, 2.75) is 62.7 Å². The van der Waals surface area contributed by atoms with Gasteiger partial charge in [0.05, 0.1) is 41.5 Å². The summed E-state index contributed by atoms with van der Waals surface area (Å²) >= 11 is 0. The number of aryl methyl sites for hydroxylation is 1. The van der Waals surface area contributed by atoms with Gasteiger partial charge < -0.3 is 24.2 Å². The number of aliphatic hydroxyl groups excluding tert-OH is 1. The molecular formula is C40H41FN6O6Si. The summed E-state index contributed by atoms with van der Waals surface area (Å²) in [6, 6.07) is 29.7. The molecule has 5 aromatic rings. The lowest BCUT2D eigenvalue weighted by molar-refractivity contribution is -0.385. The maximum Gasteiger partial charge on any atom is 0.269 e. The summed E-state index contributed by atoms with van der Waals surface area (Å²) in [6.07, 6.45) is 1.34. The van der Waals surface area contributed by atoms with Crippen molar-refractivity contribution in [1.82, 2.24) is 15.0 Å². The van der Waals surface area contributed by atoms with Gasteiger partial charge in [0.1, 0.15) is 0 Å². The predicted octanol–water partition coefficient (Wildman–Crippen LogP) is 6.97. The molecule has 3 heterocycles. The van der Waals surface area contributed by atoms with Crippen molar-refractivity contribution in [3.05, 3.63) is 147 Å². The fourth-order valence-electron chi connectivity index (χ4n) is 8.20. The first kappa shape index (κ1) is 36.8. The molecule has 4 aromatic carbocycles. The number of carbonyl (C=O) groups is 2. The molecule has 14 heteroatoms. The summed E-state index contributed by atoms with van der Waals surface area (Å²) in [5.41, 5.74) is 1.50. The van der Waals surface area contributed by atoms with Gasteiger partial charge >= 0.3 is 0 Å². The van der Waals surface area contributed by atoms with Gasteiger partial charge in [-0.2, -0.15) is 0 Å². The number of fused-ring (bicyclic) bond motifs is 2. The standard InChI is InChI=1S/C40H41FN6O6Si/c1-26-37(54(2,3)41)36(19-20-45-24-34(43-44-45)32(25-48)28-12-6-4-7-13-28)53-40(26)33-22-31(47(51)52)17-18-35(33)46(39(40)50)23-27-11-10-16-30(21-27)42-38(49)29-14-8-5-9-15-29/h4-18,21-22,24,26,32,36-37,48H,19-20,23,25H2,1-3H3,(H,42,49)/t26-,32?,36+,37-,40+/m0/s1. The fourth-order valence-corrected chi connectivity index (χ4v) is 10.7. The van der Waals surface area contributed by atoms with E-state index in [1.165, 1.54) is 12.1 Å². The second-order valence-corrected chi connectivity index (χ2v) is 18.3.